The number of carbonyl (C=O) groups is 2. The molecule has 0 saturated carbocycles. The first-order valence-corrected chi connectivity index (χ1v) is 4.18. The maximum atomic E-state index is 11.1. The van der Waals surface area contributed by atoms with Gasteiger partial charge in [0.25, 0.3) is 0 Å². The highest BCUT2D eigenvalue weighted by molar-refractivity contribution is 6.35. The van der Waals surface area contributed by atoms with Gasteiger partial charge in [-0.25, -0.2) is 0 Å². The van der Waals surface area contributed by atoms with Crippen molar-refractivity contribution in [3.63, 3.8) is 0 Å². The van der Waals surface area contributed by atoms with Gasteiger partial charge in [0.2, 0.25) is 0 Å². The molecule has 4 heteroatoms. The van der Waals surface area contributed by atoms with Crippen molar-refractivity contribution in [2.24, 2.45) is 5.92 Å². The fraction of sp³-hybridized carbons (Fsp3) is 0.750. The van der Waals surface area contributed by atoms with Crippen molar-refractivity contribution in [1.29, 1.82) is 0 Å². The molecular formula is C8H14N2O2. The van der Waals surface area contributed by atoms with Gasteiger partial charge in [-0.15, -0.1) is 0 Å². The topological polar surface area (TPSA) is 49.4 Å². The fourth-order valence-corrected chi connectivity index (χ4v) is 1.29. The molecule has 0 spiro atoms. The number of carbonyl (C=O) groups excluding carboxylic acids is 2. The van der Waals surface area contributed by atoms with Gasteiger partial charge in [0.05, 0.1) is 0 Å². The summed E-state index contributed by atoms with van der Waals surface area (Å²) in [6.45, 7) is 3.35. The van der Waals surface area contributed by atoms with Gasteiger partial charge in [0, 0.05) is 20.1 Å². The predicted octanol–water partition coefficient (Wildman–Crippen LogP) is -0.399. The first-order chi connectivity index (χ1) is 5.65. The standard InChI is InChI=1S/C8H14N2O2/c1-3-6-4-9-7(11)8(12)10(2)5-6/h6H,3-5H2,1-2H3,(H,9,11)/t6-/m1/s1. The molecule has 1 aliphatic rings. The van der Waals surface area contributed by atoms with Crippen LogP contribution in [0.15, 0.2) is 0 Å². The Balaban J connectivity index is 2.65. The van der Waals surface area contributed by atoms with E-state index in [1.54, 1.807) is 7.05 Å². The Kier molecular flexibility index (Phi) is 2.68. The highest BCUT2D eigenvalue weighted by Crippen LogP contribution is 2.06. The van der Waals surface area contributed by atoms with Crippen molar-refractivity contribution < 1.29 is 9.59 Å². The van der Waals surface area contributed by atoms with Gasteiger partial charge >= 0.3 is 11.8 Å². The summed E-state index contributed by atoms with van der Waals surface area (Å²) in [5.41, 5.74) is 0. The Hall–Kier alpha value is -1.06. The molecule has 12 heavy (non-hydrogen) atoms. The molecule has 1 N–H and O–H groups in total. The van der Waals surface area contributed by atoms with Gasteiger partial charge < -0.3 is 10.2 Å². The van der Waals surface area contributed by atoms with E-state index in [-0.39, 0.29) is 0 Å². The molecule has 0 aromatic carbocycles. The lowest BCUT2D eigenvalue weighted by atomic mass is 10.1. The van der Waals surface area contributed by atoms with E-state index in [0.717, 1.165) is 6.42 Å². The molecule has 1 fully saturated rings. The molecule has 4 nitrogen and oxygen atoms in total. The molecule has 1 heterocycles. The largest absolute Gasteiger partial charge is 0.347 e. The summed E-state index contributed by atoms with van der Waals surface area (Å²) in [6, 6.07) is 0. The van der Waals surface area contributed by atoms with Crippen LogP contribution in [-0.4, -0.2) is 36.9 Å². The highest BCUT2D eigenvalue weighted by Gasteiger charge is 2.25. The van der Waals surface area contributed by atoms with Crippen LogP contribution in [0.2, 0.25) is 0 Å². The maximum Gasteiger partial charge on any atom is 0.311 e. The second-order valence-electron chi connectivity index (χ2n) is 3.17. The van der Waals surface area contributed by atoms with E-state index >= 15 is 0 Å². The normalized spacial score (nSPS) is 25.2. The smallest absolute Gasteiger partial charge is 0.311 e. The molecule has 0 radical (unpaired) electrons. The minimum atomic E-state index is -0.478. The third kappa shape index (κ3) is 1.75. The lowest BCUT2D eigenvalue weighted by Gasteiger charge is -2.16. The Labute approximate surface area is 71.9 Å². The zero-order valence-corrected chi connectivity index (χ0v) is 7.46. The monoisotopic (exact) mass is 170 g/mol. The van der Waals surface area contributed by atoms with Crippen LogP contribution in [0.5, 0.6) is 0 Å². The zero-order chi connectivity index (χ0) is 9.14. The molecule has 1 saturated heterocycles. The molecule has 1 aliphatic heterocycles. The van der Waals surface area contributed by atoms with Gasteiger partial charge in [0.15, 0.2) is 0 Å². The van der Waals surface area contributed by atoms with E-state index in [1.165, 1.54) is 4.90 Å². The molecular weight excluding hydrogens is 156 g/mol. The van der Waals surface area contributed by atoms with Crippen LogP contribution < -0.4 is 5.32 Å². The number of nitrogens with zero attached hydrogens (tertiary/aromatic N) is 1. The molecule has 2 amide bonds. The van der Waals surface area contributed by atoms with E-state index < -0.39 is 11.8 Å². The van der Waals surface area contributed by atoms with E-state index in [0.29, 0.717) is 19.0 Å². The number of likely N-dealkylation sites (N-methyl/N-ethyl adjacent to an activating group) is 1. The van der Waals surface area contributed by atoms with Crippen molar-refractivity contribution in [3.05, 3.63) is 0 Å². The van der Waals surface area contributed by atoms with Gasteiger partial charge in [0.1, 0.15) is 0 Å². The Morgan fingerprint density at radius 3 is 2.83 bits per heavy atom. The van der Waals surface area contributed by atoms with Gasteiger partial charge in [-0.3, -0.25) is 9.59 Å². The van der Waals surface area contributed by atoms with Crippen LogP contribution in [0.25, 0.3) is 0 Å². The molecule has 0 aliphatic carbocycles. The fourth-order valence-electron chi connectivity index (χ4n) is 1.29. The van der Waals surface area contributed by atoms with Crippen LogP contribution in [-0.2, 0) is 9.59 Å². The van der Waals surface area contributed by atoms with Crippen molar-refractivity contribution >= 4 is 11.8 Å². The summed E-state index contributed by atoms with van der Waals surface area (Å²) < 4.78 is 0. The SMILES string of the molecule is CC[C@@H]1CNC(=O)C(=O)N(C)C1. The lowest BCUT2D eigenvalue weighted by Crippen LogP contribution is -2.37. The molecule has 0 bridgehead atoms. The van der Waals surface area contributed by atoms with E-state index in [9.17, 15) is 9.59 Å². The summed E-state index contributed by atoms with van der Waals surface area (Å²) in [5, 5.41) is 2.60. The van der Waals surface area contributed by atoms with Crippen molar-refractivity contribution in [3.8, 4) is 0 Å². The number of amides is 2. The van der Waals surface area contributed by atoms with Gasteiger partial charge in [-0.2, -0.15) is 0 Å². The average molecular weight is 170 g/mol. The maximum absolute atomic E-state index is 11.1. The second-order valence-corrected chi connectivity index (χ2v) is 3.17. The van der Waals surface area contributed by atoms with E-state index in [1.807, 2.05) is 0 Å². The van der Waals surface area contributed by atoms with Crippen LogP contribution in [0.1, 0.15) is 13.3 Å². The minimum absolute atomic E-state index is 0.394. The average Bonchev–Trinajstić information content (AvgIpc) is 2.19. The zero-order valence-electron chi connectivity index (χ0n) is 7.46. The number of nitrogens with one attached hydrogen (secondary N) is 1. The predicted molar refractivity (Wildman–Crippen MR) is 44.4 cm³/mol. The molecule has 1 atom stereocenters. The summed E-state index contributed by atoms with van der Waals surface area (Å²) in [5.74, 6) is -0.509. The summed E-state index contributed by atoms with van der Waals surface area (Å²) >= 11 is 0. The van der Waals surface area contributed by atoms with Gasteiger partial charge in [-0.1, -0.05) is 6.92 Å². The Bertz CT molecular complexity index is 203. The van der Waals surface area contributed by atoms with E-state index in [4.69, 9.17) is 0 Å². The summed E-state index contributed by atoms with van der Waals surface area (Å²) in [4.78, 5) is 23.6. The first-order valence-electron chi connectivity index (χ1n) is 4.18. The van der Waals surface area contributed by atoms with Crippen LogP contribution in [0.3, 0.4) is 0 Å². The molecule has 0 unspecified atom stereocenters. The number of hydrogen-bond acceptors (Lipinski definition) is 2. The van der Waals surface area contributed by atoms with Gasteiger partial charge in [-0.05, 0) is 12.3 Å². The van der Waals surface area contributed by atoms with E-state index in [2.05, 4.69) is 12.2 Å². The second kappa shape index (κ2) is 3.56. The Morgan fingerprint density at radius 1 is 1.58 bits per heavy atom. The third-order valence-electron chi connectivity index (χ3n) is 2.20. The van der Waals surface area contributed by atoms with Crippen molar-refractivity contribution in [2.75, 3.05) is 20.1 Å². The highest BCUT2D eigenvalue weighted by atomic mass is 16.2. The van der Waals surface area contributed by atoms with Crippen LogP contribution >= 0.6 is 0 Å². The molecule has 0 aromatic rings. The van der Waals surface area contributed by atoms with Crippen LogP contribution in [0, 0.1) is 5.92 Å². The molecule has 0 aromatic heterocycles. The summed E-state index contributed by atoms with van der Waals surface area (Å²) in [6.07, 6.45) is 0.984. The minimum Gasteiger partial charge on any atom is -0.347 e. The summed E-state index contributed by atoms with van der Waals surface area (Å²) in [7, 11) is 1.66. The van der Waals surface area contributed by atoms with Crippen molar-refractivity contribution in [2.45, 2.75) is 13.3 Å². The number of hydrogen-bond donors (Lipinski definition) is 1. The molecule has 68 valence electrons. The Morgan fingerprint density at radius 2 is 2.25 bits per heavy atom. The lowest BCUT2D eigenvalue weighted by molar-refractivity contribution is -0.144. The third-order valence-corrected chi connectivity index (χ3v) is 2.20. The van der Waals surface area contributed by atoms with Crippen LogP contribution in [0.4, 0.5) is 0 Å². The molecule has 1 rings (SSSR count). The number of rotatable bonds is 1. The quantitative estimate of drug-likeness (QED) is 0.544. The first kappa shape index (κ1) is 9.03. The van der Waals surface area contributed by atoms with Crippen molar-refractivity contribution in [1.82, 2.24) is 10.2 Å².